The fourth-order valence-corrected chi connectivity index (χ4v) is 2.16. The molecule has 2 saturated heterocycles. The van der Waals surface area contributed by atoms with Gasteiger partial charge in [-0.15, -0.1) is 0 Å². The first-order valence-corrected chi connectivity index (χ1v) is 4.74. The number of nitrogens with one attached hydrogen (secondary N) is 1. The van der Waals surface area contributed by atoms with E-state index in [9.17, 15) is 0 Å². The molecule has 2 aliphatic heterocycles. The summed E-state index contributed by atoms with van der Waals surface area (Å²) in [5, 5.41) is 3.57. The van der Waals surface area contributed by atoms with Gasteiger partial charge in [-0.2, -0.15) is 0 Å². The van der Waals surface area contributed by atoms with Gasteiger partial charge in [-0.3, -0.25) is 0 Å². The molecule has 2 heteroatoms. The zero-order chi connectivity index (χ0) is 7.57. The van der Waals surface area contributed by atoms with Crippen molar-refractivity contribution in [2.75, 3.05) is 19.8 Å². The fraction of sp³-hybridized carbons (Fsp3) is 1.00. The second-order valence-electron chi connectivity index (χ2n) is 3.78. The van der Waals surface area contributed by atoms with Crippen molar-refractivity contribution in [2.45, 2.75) is 37.6 Å². The summed E-state index contributed by atoms with van der Waals surface area (Å²) in [6.07, 6.45) is 6.53. The first kappa shape index (κ1) is 7.56. The highest BCUT2D eigenvalue weighted by Gasteiger charge is 2.35. The fourth-order valence-electron chi connectivity index (χ4n) is 2.16. The molecule has 11 heavy (non-hydrogen) atoms. The van der Waals surface area contributed by atoms with Crippen LogP contribution in [-0.4, -0.2) is 25.3 Å². The van der Waals surface area contributed by atoms with Crippen molar-refractivity contribution in [1.29, 1.82) is 0 Å². The third kappa shape index (κ3) is 1.57. The van der Waals surface area contributed by atoms with Crippen molar-refractivity contribution in [3.05, 3.63) is 0 Å². The molecular weight excluding hydrogens is 138 g/mol. The van der Waals surface area contributed by atoms with Crippen LogP contribution in [0.3, 0.4) is 0 Å². The van der Waals surface area contributed by atoms with Gasteiger partial charge in [0.2, 0.25) is 0 Å². The molecule has 1 N–H and O–H groups in total. The van der Waals surface area contributed by atoms with Gasteiger partial charge >= 0.3 is 0 Å². The van der Waals surface area contributed by atoms with E-state index in [0.717, 1.165) is 13.2 Å². The molecule has 1 spiro atoms. The summed E-state index contributed by atoms with van der Waals surface area (Å²) in [4.78, 5) is 0. The van der Waals surface area contributed by atoms with E-state index < -0.39 is 0 Å². The molecule has 0 saturated carbocycles. The topological polar surface area (TPSA) is 21.3 Å². The zero-order valence-electron chi connectivity index (χ0n) is 7.07. The van der Waals surface area contributed by atoms with Crippen molar-refractivity contribution in [2.24, 2.45) is 0 Å². The van der Waals surface area contributed by atoms with Crippen LogP contribution in [0.15, 0.2) is 0 Å². The predicted molar refractivity (Wildman–Crippen MR) is 44.6 cm³/mol. The molecule has 0 atom stereocenters. The summed E-state index contributed by atoms with van der Waals surface area (Å²) in [5.41, 5.74) is 0.545. The number of ether oxygens (including phenoxy) is 1. The molecule has 2 fully saturated rings. The van der Waals surface area contributed by atoms with Crippen molar-refractivity contribution >= 4 is 0 Å². The molecule has 2 heterocycles. The van der Waals surface area contributed by atoms with Gasteiger partial charge in [0.25, 0.3) is 0 Å². The molecule has 0 unspecified atom stereocenters. The van der Waals surface area contributed by atoms with Crippen LogP contribution in [0.1, 0.15) is 32.1 Å². The Labute approximate surface area is 68.3 Å². The second kappa shape index (κ2) is 3.11. The molecule has 2 aliphatic rings. The Morgan fingerprint density at radius 2 is 1.64 bits per heavy atom. The van der Waals surface area contributed by atoms with Gasteiger partial charge in [0.1, 0.15) is 0 Å². The average Bonchev–Trinajstić information content (AvgIpc) is 1.82. The largest absolute Gasteiger partial charge is 0.381 e. The van der Waals surface area contributed by atoms with E-state index in [0.29, 0.717) is 5.54 Å². The molecule has 64 valence electrons. The van der Waals surface area contributed by atoms with Crippen LogP contribution in [0.4, 0.5) is 0 Å². The monoisotopic (exact) mass is 155 g/mol. The minimum atomic E-state index is 0.545. The minimum absolute atomic E-state index is 0.545. The van der Waals surface area contributed by atoms with Crippen molar-refractivity contribution in [3.8, 4) is 0 Å². The van der Waals surface area contributed by atoms with E-state index in [-0.39, 0.29) is 0 Å². The van der Waals surface area contributed by atoms with Gasteiger partial charge in [0.05, 0.1) is 0 Å². The van der Waals surface area contributed by atoms with Gasteiger partial charge in [-0.05, 0) is 38.6 Å². The highest BCUT2D eigenvalue weighted by atomic mass is 16.5. The van der Waals surface area contributed by atoms with E-state index in [1.54, 1.807) is 0 Å². The molecule has 2 rings (SSSR count). The van der Waals surface area contributed by atoms with Crippen LogP contribution in [0.5, 0.6) is 0 Å². The van der Waals surface area contributed by atoms with Crippen LogP contribution in [0, 0.1) is 0 Å². The van der Waals surface area contributed by atoms with Crippen LogP contribution >= 0.6 is 0 Å². The zero-order valence-corrected chi connectivity index (χ0v) is 7.07. The summed E-state index contributed by atoms with van der Waals surface area (Å²) < 4.78 is 5.41. The molecule has 0 radical (unpaired) electrons. The highest BCUT2D eigenvalue weighted by Crippen LogP contribution is 2.30. The summed E-state index contributed by atoms with van der Waals surface area (Å²) >= 11 is 0. The van der Waals surface area contributed by atoms with Crippen LogP contribution in [0.25, 0.3) is 0 Å². The van der Waals surface area contributed by atoms with Crippen LogP contribution in [-0.2, 0) is 4.74 Å². The Morgan fingerprint density at radius 3 is 2.09 bits per heavy atom. The third-order valence-corrected chi connectivity index (χ3v) is 2.99. The van der Waals surface area contributed by atoms with E-state index in [1.807, 2.05) is 0 Å². The van der Waals surface area contributed by atoms with E-state index >= 15 is 0 Å². The summed E-state index contributed by atoms with van der Waals surface area (Å²) in [6.45, 7) is 3.19. The molecule has 2 nitrogen and oxygen atoms in total. The Kier molecular flexibility index (Phi) is 2.14. The van der Waals surface area contributed by atoms with E-state index in [4.69, 9.17) is 4.74 Å². The van der Waals surface area contributed by atoms with Crippen molar-refractivity contribution < 1.29 is 4.74 Å². The minimum Gasteiger partial charge on any atom is -0.381 e. The lowest BCUT2D eigenvalue weighted by molar-refractivity contribution is 0.0674. The summed E-state index contributed by atoms with van der Waals surface area (Å²) in [7, 11) is 0. The van der Waals surface area contributed by atoms with Gasteiger partial charge in [-0.25, -0.2) is 0 Å². The lowest BCUT2D eigenvalue weighted by atomic mass is 9.79. The van der Waals surface area contributed by atoms with Crippen molar-refractivity contribution in [1.82, 2.24) is 5.32 Å². The van der Waals surface area contributed by atoms with Crippen molar-refractivity contribution in [3.63, 3.8) is 0 Å². The Hall–Kier alpha value is -0.0800. The Bertz CT molecular complexity index is 122. The maximum atomic E-state index is 5.41. The van der Waals surface area contributed by atoms with Gasteiger partial charge in [-0.1, -0.05) is 0 Å². The average molecular weight is 155 g/mol. The third-order valence-electron chi connectivity index (χ3n) is 2.99. The maximum absolute atomic E-state index is 5.41. The molecule has 0 aromatic rings. The first-order chi connectivity index (χ1) is 5.41. The predicted octanol–water partition coefficient (Wildman–Crippen LogP) is 1.31. The highest BCUT2D eigenvalue weighted by molar-refractivity contribution is 4.96. The maximum Gasteiger partial charge on any atom is 0.0466 e. The first-order valence-electron chi connectivity index (χ1n) is 4.74. The van der Waals surface area contributed by atoms with E-state index in [2.05, 4.69) is 5.32 Å². The van der Waals surface area contributed by atoms with Gasteiger partial charge < -0.3 is 10.1 Å². The molecular formula is C9H17NO. The molecule has 0 aromatic heterocycles. The Balaban J connectivity index is 1.86. The summed E-state index contributed by atoms with van der Waals surface area (Å²) in [5.74, 6) is 0. The summed E-state index contributed by atoms with van der Waals surface area (Å²) in [6, 6.07) is 0. The van der Waals surface area contributed by atoms with Crippen LogP contribution < -0.4 is 5.32 Å². The molecule has 0 aromatic carbocycles. The number of rotatable bonds is 0. The second-order valence-corrected chi connectivity index (χ2v) is 3.78. The molecule has 0 amide bonds. The molecule has 0 aliphatic carbocycles. The lowest BCUT2D eigenvalue weighted by Gasteiger charge is -2.44. The normalized spacial score (nSPS) is 30.5. The number of hydrogen-bond acceptors (Lipinski definition) is 2. The SMILES string of the molecule is C1COCCCC2(C1)CCN2. The van der Waals surface area contributed by atoms with E-state index in [1.165, 1.54) is 38.6 Å². The van der Waals surface area contributed by atoms with Crippen LogP contribution in [0.2, 0.25) is 0 Å². The Morgan fingerprint density at radius 1 is 1.00 bits per heavy atom. The standard InChI is InChI=1S/C9H17NO/c1-3-9(5-6-10-9)4-2-8-11-7-1/h10H,1-8H2. The van der Waals surface area contributed by atoms with Gasteiger partial charge in [0, 0.05) is 18.8 Å². The molecule has 0 bridgehead atoms. The number of hydrogen-bond donors (Lipinski definition) is 1. The quantitative estimate of drug-likeness (QED) is 0.569. The van der Waals surface area contributed by atoms with Gasteiger partial charge in [0.15, 0.2) is 0 Å². The lowest BCUT2D eigenvalue weighted by Crippen LogP contribution is -2.57. The smallest absolute Gasteiger partial charge is 0.0466 e.